The van der Waals surface area contributed by atoms with Crippen molar-refractivity contribution >= 4 is 58.8 Å². The summed E-state index contributed by atoms with van der Waals surface area (Å²) < 4.78 is 25.5. The van der Waals surface area contributed by atoms with Gasteiger partial charge in [-0.15, -0.1) is 0 Å². The van der Waals surface area contributed by atoms with Crippen LogP contribution in [-0.4, -0.2) is 50.9 Å². The molecule has 0 aromatic rings. The normalized spacial score (nSPS) is 8.29. The Balaban J connectivity index is -0.0000000800. The summed E-state index contributed by atoms with van der Waals surface area (Å²) in [6.07, 6.45) is 0. The van der Waals surface area contributed by atoms with E-state index in [4.69, 9.17) is 13.0 Å². The molecule has 0 bridgehead atoms. The molecular weight excluding hydrogens is 146 g/mol. The minimum absolute atomic E-state index is 0. The Labute approximate surface area is 71.3 Å². The predicted octanol–water partition coefficient (Wildman–Crippen LogP) is -2.11. The van der Waals surface area contributed by atoms with E-state index in [0.717, 1.165) is 0 Å². The molecule has 0 spiro atoms. The molecule has 0 aliphatic carbocycles. The zero-order valence-corrected chi connectivity index (χ0v) is 3.83. The third kappa shape index (κ3) is 118. The monoisotopic (exact) mass is 152 g/mol. The van der Waals surface area contributed by atoms with Gasteiger partial charge in [0, 0.05) is 0 Å². The van der Waals surface area contributed by atoms with Gasteiger partial charge in [0.25, 0.3) is 0 Å². The molecule has 0 atom stereocenters. The van der Waals surface area contributed by atoms with Gasteiger partial charge in [-0.1, -0.05) is 0 Å². The van der Waals surface area contributed by atoms with Gasteiger partial charge in [0.05, 0.1) is 8.41 Å². The van der Waals surface area contributed by atoms with E-state index in [9.17, 15) is 0 Å². The summed E-state index contributed by atoms with van der Waals surface area (Å²) >= 11 is 2.65. The van der Waals surface area contributed by atoms with Gasteiger partial charge in [0.1, 0.15) is 0 Å². The molecule has 0 unspecified atom stereocenters. The molecule has 0 aromatic heterocycles. The summed E-state index contributed by atoms with van der Waals surface area (Å²) in [5.41, 5.74) is 0. The van der Waals surface area contributed by atoms with Crippen LogP contribution in [0.5, 0.6) is 0 Å². The third-order valence-electron chi connectivity index (χ3n) is 0. The van der Waals surface area contributed by atoms with E-state index in [1.165, 1.54) is 0 Å². The molecule has 7 heteroatoms. The van der Waals surface area contributed by atoms with Crippen molar-refractivity contribution in [3.63, 3.8) is 0 Å². The molecule has 0 aliphatic rings. The molecule has 3 nitrogen and oxygen atoms in total. The third-order valence-corrected chi connectivity index (χ3v) is 0. The Hall–Kier alpha value is 1.32. The van der Waals surface area contributed by atoms with Crippen molar-refractivity contribution in [3.8, 4) is 0 Å². The van der Waals surface area contributed by atoms with Gasteiger partial charge < -0.3 is 0 Å². The number of hydrogen-bond donors (Lipinski definition) is 2. The molecule has 0 rings (SSSR count). The van der Waals surface area contributed by atoms with Crippen LogP contribution in [0.3, 0.4) is 0 Å². The Morgan fingerprint density at radius 1 is 1.43 bits per heavy atom. The van der Waals surface area contributed by atoms with Gasteiger partial charge in [-0.05, 0) is 11.7 Å². The minimum atomic E-state index is -3.97. The van der Waals surface area contributed by atoms with Crippen molar-refractivity contribution in [2.75, 3.05) is 0 Å². The van der Waals surface area contributed by atoms with Crippen LogP contribution in [0.1, 0.15) is 0 Å². The van der Waals surface area contributed by atoms with Crippen LogP contribution in [0.25, 0.3) is 0 Å². The Morgan fingerprint density at radius 3 is 1.43 bits per heavy atom. The van der Waals surface area contributed by atoms with E-state index in [-0.39, 0.29) is 38.0 Å². The van der Waals surface area contributed by atoms with E-state index in [0.29, 0.717) is 0 Å². The van der Waals surface area contributed by atoms with E-state index in [2.05, 4.69) is 11.7 Å². The fourth-order valence-electron chi connectivity index (χ4n) is 0. The van der Waals surface area contributed by atoms with Gasteiger partial charge in [0.15, 0.2) is 0 Å². The van der Waals surface area contributed by atoms with Crippen LogP contribution in [0, 0.1) is 0 Å². The fraction of sp³-hybridized carbons (Fsp3) is 0. The molecule has 40 valence electrons. The summed E-state index contributed by atoms with van der Waals surface area (Å²) in [5.74, 6) is 0. The van der Waals surface area contributed by atoms with E-state index >= 15 is 0 Å². The maximum absolute atomic E-state index is 9.05. The van der Waals surface area contributed by atoms with Crippen LogP contribution in [0.15, 0.2) is 0 Å². The summed E-state index contributed by atoms with van der Waals surface area (Å²) in [6, 6.07) is 0. The Bertz CT molecular complexity index is 96.1. The molecule has 1 N–H and O–H groups in total. The average Bonchev–Trinajstić information content (AvgIpc) is 0.722. The molecule has 7 heavy (non-hydrogen) atoms. The van der Waals surface area contributed by atoms with Gasteiger partial charge in [0.2, 0.25) is 0 Å². The molecule has 0 saturated heterocycles. The number of hydrogen-bond acceptors (Lipinski definition) is 2. The molecule has 0 saturated carbocycles. The molecular formula is H6BNaO3S2. The van der Waals surface area contributed by atoms with E-state index < -0.39 is 9.15 Å². The number of thiol groups is 1. The summed E-state index contributed by atoms with van der Waals surface area (Å²) in [4.78, 5) is 0. The topological polar surface area (TPSA) is 54.4 Å². The molecule has 0 amide bonds. The molecule has 0 radical (unpaired) electrons. The van der Waals surface area contributed by atoms with E-state index in [1.807, 2.05) is 0 Å². The molecule has 0 aliphatic heterocycles. The second-order valence-electron chi connectivity index (χ2n) is 0.448. The van der Waals surface area contributed by atoms with Gasteiger partial charge >= 0.3 is 38.7 Å². The zero-order valence-electron chi connectivity index (χ0n) is 2.12. The first-order valence-corrected chi connectivity index (χ1v) is 3.19. The van der Waals surface area contributed by atoms with Crippen LogP contribution in [0.4, 0.5) is 0 Å². The standard InChI is InChI=1S/BH3.Na.H2O3S2.H/c;;1-5(2,3)4;/h1H3;;(H2,1,2,3,4);. The number of rotatable bonds is 0. The summed E-state index contributed by atoms with van der Waals surface area (Å²) in [6.45, 7) is 0. The van der Waals surface area contributed by atoms with Crippen LogP contribution in [0.2, 0.25) is 0 Å². The van der Waals surface area contributed by atoms with Crippen molar-refractivity contribution < 1.29 is 13.0 Å². The average molecular weight is 152 g/mol. The van der Waals surface area contributed by atoms with Gasteiger partial charge in [-0.25, -0.2) is 0 Å². The SMILES string of the molecule is B.O=S(=O)(O)S.[NaH]. The zero-order chi connectivity index (χ0) is 4.50. The first-order chi connectivity index (χ1) is 2.00. The first-order valence-electron chi connectivity index (χ1n) is 0.698. The Morgan fingerprint density at radius 2 is 1.43 bits per heavy atom. The fourth-order valence-corrected chi connectivity index (χ4v) is 0. The van der Waals surface area contributed by atoms with Crippen LogP contribution < -0.4 is 0 Å². The summed E-state index contributed by atoms with van der Waals surface area (Å²) in [5, 5.41) is 0. The molecule has 0 heterocycles. The first kappa shape index (κ1) is 15.8. The van der Waals surface area contributed by atoms with Gasteiger partial charge in [-0.3, -0.25) is 4.55 Å². The van der Waals surface area contributed by atoms with Crippen LogP contribution in [-0.2, 0) is 9.15 Å². The molecule has 0 aromatic carbocycles. The van der Waals surface area contributed by atoms with Gasteiger partial charge in [-0.2, -0.15) is 8.42 Å². The van der Waals surface area contributed by atoms with Crippen molar-refractivity contribution in [2.24, 2.45) is 0 Å². The second kappa shape index (κ2) is 5.46. The quantitative estimate of drug-likeness (QED) is 0.181. The van der Waals surface area contributed by atoms with E-state index in [1.54, 1.807) is 0 Å². The second-order valence-corrected chi connectivity index (χ2v) is 2.73. The predicted molar refractivity (Wildman–Crippen MR) is 37.6 cm³/mol. The van der Waals surface area contributed by atoms with Crippen molar-refractivity contribution in [2.45, 2.75) is 0 Å². The van der Waals surface area contributed by atoms with Crippen molar-refractivity contribution in [1.29, 1.82) is 0 Å². The van der Waals surface area contributed by atoms with Crippen molar-refractivity contribution in [1.82, 2.24) is 0 Å². The summed E-state index contributed by atoms with van der Waals surface area (Å²) in [7, 11) is -3.97. The maximum atomic E-state index is 9.05. The van der Waals surface area contributed by atoms with Crippen LogP contribution >= 0.6 is 11.7 Å². The molecule has 0 fully saturated rings. The Kier molecular flexibility index (Phi) is 12.3. The van der Waals surface area contributed by atoms with Crippen molar-refractivity contribution in [3.05, 3.63) is 0 Å².